The maximum atomic E-state index is 12.4. The lowest BCUT2D eigenvalue weighted by atomic mass is 10.1. The largest absolute Gasteiger partial charge is 0.451 e. The number of benzene rings is 1. The lowest BCUT2D eigenvalue weighted by Crippen LogP contribution is -2.15. The third-order valence-electron chi connectivity index (χ3n) is 4.51. The molecule has 0 radical (unpaired) electrons. The Kier molecular flexibility index (Phi) is 5.17. The van der Waals surface area contributed by atoms with E-state index in [4.69, 9.17) is 8.83 Å². The van der Waals surface area contributed by atoms with E-state index in [0.29, 0.717) is 23.1 Å². The van der Waals surface area contributed by atoms with Crippen LogP contribution in [0.5, 0.6) is 0 Å². The molecule has 11 heteroatoms. The van der Waals surface area contributed by atoms with E-state index in [9.17, 15) is 18.0 Å². The zero-order chi connectivity index (χ0) is 20.6. The van der Waals surface area contributed by atoms with Crippen molar-refractivity contribution in [1.82, 2.24) is 10.2 Å². The first kappa shape index (κ1) is 19.6. The molecular weight excluding hydrogens is 418 g/mol. The molecule has 0 unspecified atom stereocenters. The number of carbonyl (C=O) groups excluding carboxylic acids is 2. The van der Waals surface area contributed by atoms with Crippen LogP contribution < -0.4 is 5.32 Å². The van der Waals surface area contributed by atoms with Gasteiger partial charge in [0, 0.05) is 12.3 Å². The first-order valence-corrected chi connectivity index (χ1v) is 11.6. The van der Waals surface area contributed by atoms with Gasteiger partial charge in [-0.1, -0.05) is 23.9 Å². The number of amides is 1. The van der Waals surface area contributed by atoms with Crippen LogP contribution in [0.2, 0.25) is 0 Å². The number of nitrogens with one attached hydrogen (secondary N) is 1. The zero-order valence-corrected chi connectivity index (χ0v) is 17.0. The predicted molar refractivity (Wildman–Crippen MR) is 106 cm³/mol. The summed E-state index contributed by atoms with van der Waals surface area (Å²) < 4.78 is 34.2. The summed E-state index contributed by atoms with van der Waals surface area (Å²) in [5.74, 6) is -0.513. The van der Waals surface area contributed by atoms with Gasteiger partial charge in [0.05, 0.1) is 28.9 Å². The molecule has 2 aromatic heterocycles. The first-order valence-electron chi connectivity index (χ1n) is 8.81. The molecule has 3 heterocycles. The molecule has 0 saturated carbocycles. The summed E-state index contributed by atoms with van der Waals surface area (Å²) >= 11 is 1.03. The standard InChI is InChI=1S/C18H17N3O6S2/c1-10(22)16-15(12-4-2-3-5-13(12)26-16)19-14(23)8-28-18-21-20-17(27-18)11-6-7-29(24,25)9-11/h2-5,11H,6-9H2,1H3,(H,19,23)/t11-/m0/s1. The number of rotatable bonds is 6. The fourth-order valence-corrected chi connectivity index (χ4v) is 5.46. The molecule has 29 heavy (non-hydrogen) atoms. The van der Waals surface area contributed by atoms with Crippen molar-refractivity contribution in [2.24, 2.45) is 0 Å². The molecule has 1 aliphatic rings. The van der Waals surface area contributed by atoms with E-state index in [0.717, 1.165) is 11.8 Å². The molecule has 3 aromatic rings. The summed E-state index contributed by atoms with van der Waals surface area (Å²) in [5, 5.41) is 11.3. The van der Waals surface area contributed by atoms with E-state index in [-0.39, 0.29) is 51.7 Å². The van der Waals surface area contributed by atoms with Crippen LogP contribution in [-0.4, -0.2) is 47.6 Å². The Labute approximate surface area is 170 Å². The van der Waals surface area contributed by atoms with Crippen molar-refractivity contribution in [2.45, 2.75) is 24.5 Å². The van der Waals surface area contributed by atoms with E-state index in [1.807, 2.05) is 0 Å². The number of sulfone groups is 1. The first-order chi connectivity index (χ1) is 13.8. The van der Waals surface area contributed by atoms with E-state index in [1.54, 1.807) is 24.3 Å². The fourth-order valence-electron chi connectivity index (χ4n) is 3.15. The number of hydrogen-bond acceptors (Lipinski definition) is 9. The lowest BCUT2D eigenvalue weighted by Gasteiger charge is -2.04. The number of anilines is 1. The summed E-state index contributed by atoms with van der Waals surface area (Å²) in [6.07, 6.45) is 0.455. The summed E-state index contributed by atoms with van der Waals surface area (Å²) in [5.41, 5.74) is 0.842. The number of nitrogens with zero attached hydrogens (tertiary/aromatic N) is 2. The molecule has 1 fully saturated rings. The minimum Gasteiger partial charge on any atom is -0.451 e. The van der Waals surface area contributed by atoms with Crippen molar-refractivity contribution in [3.63, 3.8) is 0 Å². The third-order valence-corrected chi connectivity index (χ3v) is 7.10. The second kappa shape index (κ2) is 7.64. The predicted octanol–water partition coefficient (Wildman–Crippen LogP) is 2.65. The van der Waals surface area contributed by atoms with Crippen molar-refractivity contribution < 1.29 is 26.8 Å². The summed E-state index contributed by atoms with van der Waals surface area (Å²) in [6, 6.07) is 7.04. The summed E-state index contributed by atoms with van der Waals surface area (Å²) in [7, 11) is -3.05. The maximum Gasteiger partial charge on any atom is 0.277 e. The van der Waals surface area contributed by atoms with E-state index >= 15 is 0 Å². The quantitative estimate of drug-likeness (QED) is 0.458. The number of hydrogen-bond donors (Lipinski definition) is 1. The molecule has 1 atom stereocenters. The number of Topliss-reactive ketones (excluding diaryl/α,β-unsaturated/α-hetero) is 1. The normalized spacial score (nSPS) is 18.2. The Balaban J connectivity index is 1.42. The molecule has 0 bridgehead atoms. The van der Waals surface area contributed by atoms with Gasteiger partial charge in [-0.05, 0) is 18.6 Å². The highest BCUT2D eigenvalue weighted by Crippen LogP contribution is 2.32. The molecule has 1 N–H and O–H groups in total. The minimum atomic E-state index is -3.05. The fraction of sp³-hybridized carbons (Fsp3) is 0.333. The van der Waals surface area contributed by atoms with Gasteiger partial charge in [0.25, 0.3) is 5.22 Å². The highest BCUT2D eigenvalue weighted by Gasteiger charge is 2.32. The SMILES string of the molecule is CC(=O)c1oc2ccccc2c1NC(=O)CSc1nnc([C@H]2CCS(=O)(=O)C2)o1. The molecule has 0 spiro atoms. The number of thioether (sulfide) groups is 1. The second-order valence-electron chi connectivity index (χ2n) is 6.70. The highest BCUT2D eigenvalue weighted by atomic mass is 32.2. The number of aromatic nitrogens is 2. The van der Waals surface area contributed by atoms with Crippen molar-refractivity contribution in [2.75, 3.05) is 22.6 Å². The van der Waals surface area contributed by atoms with Gasteiger partial charge < -0.3 is 14.2 Å². The van der Waals surface area contributed by atoms with Gasteiger partial charge in [0.15, 0.2) is 21.4 Å². The summed E-state index contributed by atoms with van der Waals surface area (Å²) in [4.78, 5) is 24.2. The summed E-state index contributed by atoms with van der Waals surface area (Å²) in [6.45, 7) is 1.37. The molecule has 9 nitrogen and oxygen atoms in total. The van der Waals surface area contributed by atoms with Crippen molar-refractivity contribution in [3.8, 4) is 0 Å². The monoisotopic (exact) mass is 435 g/mol. The van der Waals surface area contributed by atoms with E-state index in [2.05, 4.69) is 15.5 Å². The van der Waals surface area contributed by atoms with Crippen LogP contribution in [0.25, 0.3) is 11.0 Å². The Bertz CT molecular complexity index is 1200. The van der Waals surface area contributed by atoms with Crippen molar-refractivity contribution in [1.29, 1.82) is 0 Å². The highest BCUT2D eigenvalue weighted by molar-refractivity contribution is 7.99. The van der Waals surface area contributed by atoms with E-state index in [1.165, 1.54) is 6.92 Å². The van der Waals surface area contributed by atoms with Gasteiger partial charge in [0.1, 0.15) is 5.58 Å². The molecule has 1 aromatic carbocycles. The van der Waals surface area contributed by atoms with Crippen LogP contribution in [0.15, 0.2) is 38.3 Å². The van der Waals surface area contributed by atoms with E-state index < -0.39 is 9.84 Å². The van der Waals surface area contributed by atoms with Crippen molar-refractivity contribution in [3.05, 3.63) is 35.9 Å². The molecule has 1 aliphatic heterocycles. The van der Waals surface area contributed by atoms with Gasteiger partial charge in [-0.2, -0.15) is 0 Å². The van der Waals surface area contributed by atoms with Crippen LogP contribution in [0, 0.1) is 0 Å². The maximum absolute atomic E-state index is 12.4. The van der Waals surface area contributed by atoms with Gasteiger partial charge in [-0.15, -0.1) is 10.2 Å². The number of ketones is 1. The molecule has 1 saturated heterocycles. The van der Waals surface area contributed by atoms with Crippen LogP contribution in [0.4, 0.5) is 5.69 Å². The average Bonchev–Trinajstić information content (AvgIpc) is 3.37. The van der Waals surface area contributed by atoms with Crippen LogP contribution in [0.3, 0.4) is 0 Å². The molecule has 4 rings (SSSR count). The second-order valence-corrected chi connectivity index (χ2v) is 9.86. The number of fused-ring (bicyclic) bond motifs is 1. The Morgan fingerprint density at radius 1 is 1.24 bits per heavy atom. The third kappa shape index (κ3) is 4.20. The van der Waals surface area contributed by atoms with Gasteiger partial charge in [0.2, 0.25) is 11.8 Å². The Hall–Kier alpha value is -2.66. The number of furan rings is 1. The van der Waals surface area contributed by atoms with Crippen LogP contribution in [-0.2, 0) is 14.6 Å². The average molecular weight is 435 g/mol. The molecular formula is C18H17N3O6S2. The topological polar surface area (TPSA) is 132 Å². The van der Waals surface area contributed by atoms with Gasteiger partial charge in [-0.3, -0.25) is 9.59 Å². The Morgan fingerprint density at radius 3 is 2.76 bits per heavy atom. The lowest BCUT2D eigenvalue weighted by molar-refractivity contribution is -0.113. The zero-order valence-electron chi connectivity index (χ0n) is 15.4. The van der Waals surface area contributed by atoms with Gasteiger partial charge >= 0.3 is 0 Å². The van der Waals surface area contributed by atoms with Crippen LogP contribution >= 0.6 is 11.8 Å². The number of carbonyl (C=O) groups is 2. The molecule has 0 aliphatic carbocycles. The minimum absolute atomic E-state index is 0.00116. The number of para-hydroxylation sites is 1. The smallest absolute Gasteiger partial charge is 0.277 e. The molecule has 152 valence electrons. The van der Waals surface area contributed by atoms with Crippen LogP contribution in [0.1, 0.15) is 35.7 Å². The van der Waals surface area contributed by atoms with Gasteiger partial charge in [-0.25, -0.2) is 8.42 Å². The van der Waals surface area contributed by atoms with Crippen molar-refractivity contribution >= 4 is 49.9 Å². The molecule has 1 amide bonds. The Morgan fingerprint density at radius 2 is 2.03 bits per heavy atom.